The van der Waals surface area contributed by atoms with E-state index in [-0.39, 0.29) is 12.5 Å². The maximum atomic E-state index is 12.6. The average molecular weight is 374 g/mol. The zero-order chi connectivity index (χ0) is 18.5. The predicted octanol–water partition coefficient (Wildman–Crippen LogP) is 3.13. The Morgan fingerprint density at radius 3 is 2.65 bits per heavy atom. The number of hydrogen-bond donors (Lipinski definition) is 0. The lowest BCUT2D eigenvalue weighted by atomic mass is 10.1. The first-order valence-electron chi connectivity index (χ1n) is 8.85. The Balaban J connectivity index is 1.73. The lowest BCUT2D eigenvalue weighted by Gasteiger charge is -2.27. The molecule has 0 aromatic heterocycles. The fourth-order valence-electron chi connectivity index (χ4n) is 3.04. The van der Waals surface area contributed by atoms with Gasteiger partial charge < -0.3 is 9.64 Å². The van der Waals surface area contributed by atoms with Gasteiger partial charge in [-0.25, -0.2) is 0 Å². The summed E-state index contributed by atoms with van der Waals surface area (Å²) in [5.41, 5.74) is 0.738. The Kier molecular flexibility index (Phi) is 5.98. The summed E-state index contributed by atoms with van der Waals surface area (Å²) in [5, 5.41) is -0.402. The molecule has 0 atom stereocenters. The normalized spacial score (nSPS) is 19.3. The average Bonchev–Trinajstić information content (AvgIpc) is 2.91. The molecule has 7 heteroatoms. The van der Waals surface area contributed by atoms with Crippen molar-refractivity contribution in [1.29, 1.82) is 0 Å². The second-order valence-electron chi connectivity index (χ2n) is 6.18. The number of carbonyl (C=O) groups excluding carboxylic acids is 3. The monoisotopic (exact) mass is 374 g/mol. The largest absolute Gasteiger partial charge is 0.493 e. The Morgan fingerprint density at radius 1 is 1.19 bits per heavy atom. The zero-order valence-electron chi connectivity index (χ0n) is 14.8. The molecule has 3 amide bonds. The molecule has 2 saturated heterocycles. The van der Waals surface area contributed by atoms with Crippen LogP contribution >= 0.6 is 11.8 Å². The summed E-state index contributed by atoms with van der Waals surface area (Å²) in [5.74, 6) is 0.0748. The van der Waals surface area contributed by atoms with Gasteiger partial charge in [0.15, 0.2) is 0 Å². The number of rotatable bonds is 5. The number of ether oxygens (including phenoxy) is 1. The van der Waals surface area contributed by atoms with Gasteiger partial charge in [0.1, 0.15) is 12.3 Å². The van der Waals surface area contributed by atoms with E-state index in [9.17, 15) is 14.4 Å². The molecule has 2 aliphatic heterocycles. The minimum Gasteiger partial charge on any atom is -0.493 e. The molecule has 3 rings (SSSR count). The molecule has 26 heavy (non-hydrogen) atoms. The third kappa shape index (κ3) is 4.09. The maximum absolute atomic E-state index is 12.6. The van der Waals surface area contributed by atoms with Crippen LogP contribution in [0.15, 0.2) is 29.2 Å². The van der Waals surface area contributed by atoms with Gasteiger partial charge in [0.25, 0.3) is 11.1 Å². The molecular formula is C19H22N2O4S. The van der Waals surface area contributed by atoms with Crippen LogP contribution in [-0.2, 0) is 9.59 Å². The molecule has 6 nitrogen and oxygen atoms in total. The summed E-state index contributed by atoms with van der Waals surface area (Å²) in [7, 11) is 0. The number of likely N-dealkylation sites (tertiary alicyclic amines) is 1. The number of para-hydroxylation sites is 1. The number of benzene rings is 1. The van der Waals surface area contributed by atoms with E-state index >= 15 is 0 Å². The lowest BCUT2D eigenvalue weighted by Crippen LogP contribution is -2.44. The minimum atomic E-state index is -0.420. The Morgan fingerprint density at radius 2 is 1.92 bits per heavy atom. The SMILES string of the molecule is CCOc1ccccc1C=C1SC(=O)N(CC(=O)N2CCCCC2)C1=O. The van der Waals surface area contributed by atoms with Gasteiger partial charge in [-0.1, -0.05) is 18.2 Å². The van der Waals surface area contributed by atoms with Gasteiger partial charge >= 0.3 is 0 Å². The summed E-state index contributed by atoms with van der Waals surface area (Å²) in [4.78, 5) is 40.3. The number of thioether (sulfide) groups is 1. The fourth-order valence-corrected chi connectivity index (χ4v) is 3.87. The van der Waals surface area contributed by atoms with Crippen molar-refractivity contribution in [3.63, 3.8) is 0 Å². The second kappa shape index (κ2) is 8.40. The Hall–Kier alpha value is -2.28. The lowest BCUT2D eigenvalue weighted by molar-refractivity contribution is -0.136. The van der Waals surface area contributed by atoms with Gasteiger partial charge in [0.05, 0.1) is 11.5 Å². The van der Waals surface area contributed by atoms with Crippen LogP contribution in [0.25, 0.3) is 6.08 Å². The zero-order valence-corrected chi connectivity index (χ0v) is 15.6. The standard InChI is InChI=1S/C19H22N2O4S/c1-2-25-15-9-5-4-8-14(15)12-16-18(23)21(19(24)26-16)13-17(22)20-10-6-3-7-11-20/h4-5,8-9,12H,2-3,6-7,10-11,13H2,1H3. The number of piperidine rings is 1. The molecule has 0 bridgehead atoms. The van der Waals surface area contributed by atoms with Crippen molar-refractivity contribution < 1.29 is 19.1 Å². The van der Waals surface area contributed by atoms with E-state index < -0.39 is 11.1 Å². The van der Waals surface area contributed by atoms with E-state index in [0.29, 0.717) is 30.4 Å². The molecule has 138 valence electrons. The van der Waals surface area contributed by atoms with E-state index in [4.69, 9.17) is 4.74 Å². The molecule has 0 radical (unpaired) electrons. The van der Waals surface area contributed by atoms with Crippen LogP contribution in [0.5, 0.6) is 5.75 Å². The highest BCUT2D eigenvalue weighted by atomic mass is 32.2. The van der Waals surface area contributed by atoms with Crippen LogP contribution in [0.3, 0.4) is 0 Å². The van der Waals surface area contributed by atoms with Crippen molar-refractivity contribution in [2.45, 2.75) is 26.2 Å². The van der Waals surface area contributed by atoms with Crippen LogP contribution in [0.1, 0.15) is 31.7 Å². The van der Waals surface area contributed by atoms with Crippen molar-refractivity contribution >= 4 is 34.9 Å². The first-order valence-corrected chi connectivity index (χ1v) is 9.66. The van der Waals surface area contributed by atoms with Gasteiger partial charge in [-0.15, -0.1) is 0 Å². The van der Waals surface area contributed by atoms with Crippen LogP contribution in [0.4, 0.5) is 4.79 Å². The van der Waals surface area contributed by atoms with Crippen molar-refractivity contribution in [1.82, 2.24) is 9.80 Å². The Labute approximate surface area is 157 Å². The molecular weight excluding hydrogens is 352 g/mol. The van der Waals surface area contributed by atoms with Crippen molar-refractivity contribution in [3.05, 3.63) is 34.7 Å². The van der Waals surface area contributed by atoms with E-state index in [0.717, 1.165) is 41.5 Å². The van der Waals surface area contributed by atoms with Crippen LogP contribution in [0, 0.1) is 0 Å². The molecule has 1 aromatic carbocycles. The number of hydrogen-bond acceptors (Lipinski definition) is 5. The van der Waals surface area contributed by atoms with Crippen molar-refractivity contribution in [2.24, 2.45) is 0 Å². The van der Waals surface area contributed by atoms with E-state index in [1.165, 1.54) is 0 Å². The number of amides is 3. The molecule has 0 saturated carbocycles. The third-order valence-electron chi connectivity index (χ3n) is 4.38. The van der Waals surface area contributed by atoms with Gasteiger partial charge in [-0.2, -0.15) is 0 Å². The van der Waals surface area contributed by atoms with E-state index in [1.807, 2.05) is 31.2 Å². The molecule has 1 aromatic rings. The molecule has 0 aliphatic carbocycles. The summed E-state index contributed by atoms with van der Waals surface area (Å²) >= 11 is 0.864. The Bertz CT molecular complexity index is 741. The number of imide groups is 1. The summed E-state index contributed by atoms with van der Waals surface area (Å²) < 4.78 is 5.56. The van der Waals surface area contributed by atoms with Gasteiger partial charge in [-0.3, -0.25) is 19.3 Å². The summed E-state index contributed by atoms with van der Waals surface area (Å²) in [6, 6.07) is 7.35. The van der Waals surface area contributed by atoms with Crippen LogP contribution in [-0.4, -0.2) is 53.1 Å². The smallest absolute Gasteiger partial charge is 0.294 e. The number of carbonyl (C=O) groups is 3. The molecule has 2 aliphatic rings. The quantitative estimate of drug-likeness (QED) is 0.741. The summed E-state index contributed by atoms with van der Waals surface area (Å²) in [6.07, 6.45) is 4.72. The predicted molar refractivity (Wildman–Crippen MR) is 101 cm³/mol. The third-order valence-corrected chi connectivity index (χ3v) is 5.29. The fraction of sp³-hybridized carbons (Fsp3) is 0.421. The highest BCUT2D eigenvalue weighted by Crippen LogP contribution is 2.34. The number of nitrogens with zero attached hydrogens (tertiary/aromatic N) is 2. The van der Waals surface area contributed by atoms with Crippen LogP contribution < -0.4 is 4.74 Å². The van der Waals surface area contributed by atoms with Crippen molar-refractivity contribution in [2.75, 3.05) is 26.2 Å². The van der Waals surface area contributed by atoms with E-state index in [1.54, 1.807) is 11.0 Å². The molecule has 2 fully saturated rings. The first kappa shape index (κ1) is 18.5. The minimum absolute atomic E-state index is 0.164. The van der Waals surface area contributed by atoms with E-state index in [2.05, 4.69) is 0 Å². The van der Waals surface area contributed by atoms with Crippen molar-refractivity contribution in [3.8, 4) is 5.75 Å². The molecule has 0 spiro atoms. The highest BCUT2D eigenvalue weighted by molar-refractivity contribution is 8.18. The van der Waals surface area contributed by atoms with Crippen LogP contribution in [0.2, 0.25) is 0 Å². The second-order valence-corrected chi connectivity index (χ2v) is 7.17. The topological polar surface area (TPSA) is 66.9 Å². The first-order chi connectivity index (χ1) is 12.6. The maximum Gasteiger partial charge on any atom is 0.294 e. The molecule has 0 unspecified atom stereocenters. The highest BCUT2D eigenvalue weighted by Gasteiger charge is 2.37. The molecule has 0 N–H and O–H groups in total. The summed E-state index contributed by atoms with van der Waals surface area (Å²) in [6.45, 7) is 3.61. The van der Waals surface area contributed by atoms with Gasteiger partial charge in [0.2, 0.25) is 5.91 Å². The molecule has 2 heterocycles. The van der Waals surface area contributed by atoms with Gasteiger partial charge in [0, 0.05) is 18.7 Å². The van der Waals surface area contributed by atoms with Gasteiger partial charge in [-0.05, 0) is 50.1 Å².